The Morgan fingerprint density at radius 2 is 1.78 bits per heavy atom. The zero-order chi connectivity index (χ0) is 27.0. The van der Waals surface area contributed by atoms with Gasteiger partial charge in [-0.25, -0.2) is 9.37 Å². The lowest BCUT2D eigenvalue weighted by Crippen LogP contribution is -2.60. The van der Waals surface area contributed by atoms with Crippen LogP contribution in [0.3, 0.4) is 0 Å². The first-order chi connectivity index (χ1) is 17.2. The van der Waals surface area contributed by atoms with Crippen molar-refractivity contribution in [3.63, 3.8) is 0 Å². The highest BCUT2D eigenvalue weighted by atomic mass is 19.4. The van der Waals surface area contributed by atoms with E-state index in [2.05, 4.69) is 15.6 Å². The molecule has 0 spiro atoms. The Morgan fingerprint density at radius 1 is 1.05 bits per heavy atom. The van der Waals surface area contributed by atoms with Gasteiger partial charge in [0.2, 0.25) is 5.91 Å². The molecule has 0 bridgehead atoms. The fourth-order valence-electron chi connectivity index (χ4n) is 4.68. The van der Waals surface area contributed by atoms with Crippen molar-refractivity contribution in [3.05, 3.63) is 71.2 Å². The topological polar surface area (TPSA) is 80.0 Å². The second kappa shape index (κ2) is 9.81. The van der Waals surface area contributed by atoms with Gasteiger partial charge in [0.05, 0.1) is 23.2 Å². The maximum absolute atomic E-state index is 13.6. The third kappa shape index (κ3) is 6.30. The van der Waals surface area contributed by atoms with Gasteiger partial charge in [-0.05, 0) is 55.2 Å². The number of amides is 1. The van der Waals surface area contributed by atoms with Crippen molar-refractivity contribution >= 4 is 22.5 Å². The Bertz CT molecular complexity index is 1310. The van der Waals surface area contributed by atoms with Crippen molar-refractivity contribution in [2.75, 3.05) is 5.32 Å². The van der Waals surface area contributed by atoms with Gasteiger partial charge < -0.3 is 16.4 Å². The third-order valence-corrected chi connectivity index (χ3v) is 6.26. The van der Waals surface area contributed by atoms with E-state index < -0.39 is 59.0 Å². The molecule has 4 rings (SSSR count). The second-order valence-corrected chi connectivity index (χ2v) is 9.19. The number of nitrogens with two attached hydrogens (primary N) is 1. The van der Waals surface area contributed by atoms with E-state index in [9.17, 15) is 35.5 Å². The van der Waals surface area contributed by atoms with Crippen LogP contribution in [-0.2, 0) is 23.6 Å². The van der Waals surface area contributed by atoms with Crippen molar-refractivity contribution in [2.45, 2.75) is 56.2 Å². The monoisotopic (exact) mass is 528 g/mol. The highest BCUT2D eigenvalue weighted by Crippen LogP contribution is 2.36. The van der Waals surface area contributed by atoms with Crippen LogP contribution in [0.2, 0.25) is 0 Å². The zero-order valence-corrected chi connectivity index (χ0v) is 19.3. The maximum Gasteiger partial charge on any atom is 0.433 e. The molecule has 1 fully saturated rings. The van der Waals surface area contributed by atoms with Gasteiger partial charge in [-0.1, -0.05) is 18.2 Å². The highest BCUT2D eigenvalue weighted by Gasteiger charge is 2.38. The molecule has 4 N–H and O–H groups in total. The summed E-state index contributed by atoms with van der Waals surface area (Å²) in [4.78, 5) is 16.3. The quantitative estimate of drug-likeness (QED) is 0.290. The number of halogens is 7. The van der Waals surface area contributed by atoms with Crippen molar-refractivity contribution in [1.82, 2.24) is 10.3 Å². The summed E-state index contributed by atoms with van der Waals surface area (Å²) in [5, 5.41) is 6.10. The number of anilines is 1. The molecule has 3 aromatic rings. The van der Waals surface area contributed by atoms with Gasteiger partial charge in [-0.2, -0.15) is 26.3 Å². The zero-order valence-electron chi connectivity index (χ0n) is 19.3. The normalized spacial score (nSPS) is 20.6. The number of aromatic nitrogens is 1. The number of nitrogens with zero attached hydrogens (tertiary/aromatic N) is 1. The SMILES string of the molecule is N[C@]1(NC(=O)Cc2cc(F)ccc2C(F)(F)F)CCCC(Nc2cc(C(F)(F)F)nc3ccccc23)C1. The minimum absolute atomic E-state index is 0.103. The fraction of sp³-hybridized carbons (Fsp3) is 0.360. The summed E-state index contributed by atoms with van der Waals surface area (Å²) in [5.41, 5.74) is 2.68. The molecule has 1 aliphatic rings. The lowest BCUT2D eigenvalue weighted by molar-refractivity contribution is -0.141. The predicted octanol–water partition coefficient (Wildman–Crippen LogP) is 5.78. The number of pyridine rings is 1. The van der Waals surface area contributed by atoms with Gasteiger partial charge in [0.15, 0.2) is 0 Å². The average molecular weight is 528 g/mol. The van der Waals surface area contributed by atoms with E-state index >= 15 is 0 Å². The van der Waals surface area contributed by atoms with Gasteiger partial charge in [-0.15, -0.1) is 0 Å². The molecule has 1 aliphatic carbocycles. The summed E-state index contributed by atoms with van der Waals surface area (Å²) in [6.07, 6.45) is -8.74. The predicted molar refractivity (Wildman–Crippen MR) is 123 cm³/mol. The number of benzene rings is 2. The summed E-state index contributed by atoms with van der Waals surface area (Å²) >= 11 is 0. The maximum atomic E-state index is 13.6. The lowest BCUT2D eigenvalue weighted by atomic mass is 9.85. The molecule has 1 aromatic heterocycles. The van der Waals surface area contributed by atoms with Crippen LogP contribution >= 0.6 is 0 Å². The summed E-state index contributed by atoms with van der Waals surface area (Å²) in [7, 11) is 0. The van der Waals surface area contributed by atoms with Crippen LogP contribution in [0.5, 0.6) is 0 Å². The van der Waals surface area contributed by atoms with E-state index in [1.165, 1.54) is 6.07 Å². The van der Waals surface area contributed by atoms with Crippen molar-refractivity contribution in [2.24, 2.45) is 5.73 Å². The third-order valence-electron chi connectivity index (χ3n) is 6.26. The summed E-state index contributed by atoms with van der Waals surface area (Å²) < 4.78 is 93.6. The Kier molecular flexibility index (Phi) is 7.06. The molecule has 12 heteroatoms. The molecule has 2 aromatic carbocycles. The molecular formula is C25H23F7N4O. The summed E-state index contributed by atoms with van der Waals surface area (Å²) in [6, 6.07) is 8.70. The number of rotatable bonds is 5. The van der Waals surface area contributed by atoms with Crippen LogP contribution in [0.15, 0.2) is 48.5 Å². The molecule has 1 saturated carbocycles. The number of para-hydroxylation sites is 1. The standard InChI is InChI=1S/C25H23F7N4O/c26-15-7-8-18(24(27,28)29)14(10-15)11-22(37)36-23(33)9-3-4-16(13-23)34-20-12-21(25(30,31)32)35-19-6-2-1-5-17(19)20/h1-2,5-8,10,12,16H,3-4,9,11,13,33H2,(H,34,35)(H,36,37)/t16?,23-/m0/s1. The number of carbonyl (C=O) groups excluding carboxylic acids is 1. The number of nitrogens with one attached hydrogen (secondary N) is 2. The van der Waals surface area contributed by atoms with E-state index in [1.54, 1.807) is 18.2 Å². The van der Waals surface area contributed by atoms with Crippen LogP contribution in [-0.4, -0.2) is 22.6 Å². The van der Waals surface area contributed by atoms with Gasteiger partial charge >= 0.3 is 12.4 Å². The van der Waals surface area contributed by atoms with Gasteiger partial charge in [0, 0.05) is 23.5 Å². The smallest absolute Gasteiger partial charge is 0.382 e. The number of hydrogen-bond donors (Lipinski definition) is 3. The Morgan fingerprint density at radius 3 is 2.49 bits per heavy atom. The molecule has 0 saturated heterocycles. The molecule has 5 nitrogen and oxygen atoms in total. The van der Waals surface area contributed by atoms with Crippen molar-refractivity contribution in [3.8, 4) is 0 Å². The number of carbonyl (C=O) groups is 1. The molecule has 0 aliphatic heterocycles. The Hall–Kier alpha value is -3.41. The second-order valence-electron chi connectivity index (χ2n) is 9.19. The van der Waals surface area contributed by atoms with E-state index in [4.69, 9.17) is 5.73 Å². The first kappa shape index (κ1) is 26.6. The fourth-order valence-corrected chi connectivity index (χ4v) is 4.68. The van der Waals surface area contributed by atoms with E-state index in [0.717, 1.165) is 6.07 Å². The van der Waals surface area contributed by atoms with Crippen LogP contribution < -0.4 is 16.4 Å². The molecule has 2 atom stereocenters. The van der Waals surface area contributed by atoms with Crippen LogP contribution in [0.4, 0.5) is 36.4 Å². The molecule has 198 valence electrons. The molecule has 1 heterocycles. The van der Waals surface area contributed by atoms with E-state index in [0.29, 0.717) is 42.8 Å². The van der Waals surface area contributed by atoms with Gasteiger partial charge in [-0.3, -0.25) is 4.79 Å². The van der Waals surface area contributed by atoms with Crippen LogP contribution in [0.25, 0.3) is 10.9 Å². The van der Waals surface area contributed by atoms with Crippen molar-refractivity contribution < 1.29 is 35.5 Å². The van der Waals surface area contributed by atoms with Gasteiger partial charge in [0.1, 0.15) is 11.5 Å². The average Bonchev–Trinajstić information content (AvgIpc) is 2.77. The van der Waals surface area contributed by atoms with E-state index in [1.807, 2.05) is 0 Å². The molecule has 1 unspecified atom stereocenters. The van der Waals surface area contributed by atoms with E-state index in [-0.39, 0.29) is 17.6 Å². The number of fused-ring (bicyclic) bond motifs is 1. The first-order valence-electron chi connectivity index (χ1n) is 11.4. The molecule has 37 heavy (non-hydrogen) atoms. The van der Waals surface area contributed by atoms with Crippen LogP contribution in [0.1, 0.15) is 42.5 Å². The highest BCUT2D eigenvalue weighted by molar-refractivity contribution is 5.91. The number of hydrogen-bond acceptors (Lipinski definition) is 4. The summed E-state index contributed by atoms with van der Waals surface area (Å²) in [6.45, 7) is 0. The van der Waals surface area contributed by atoms with Gasteiger partial charge in [0.25, 0.3) is 0 Å². The minimum atomic E-state index is -4.77. The number of alkyl halides is 6. The molecular weight excluding hydrogens is 505 g/mol. The lowest BCUT2D eigenvalue weighted by Gasteiger charge is -2.39. The first-order valence-corrected chi connectivity index (χ1v) is 11.4. The molecule has 0 radical (unpaired) electrons. The van der Waals surface area contributed by atoms with Crippen LogP contribution in [0, 0.1) is 5.82 Å². The minimum Gasteiger partial charge on any atom is -0.382 e. The molecule has 1 amide bonds. The van der Waals surface area contributed by atoms with Crippen molar-refractivity contribution in [1.29, 1.82) is 0 Å². The largest absolute Gasteiger partial charge is 0.433 e. The Labute approximate surface area is 207 Å². The Balaban J connectivity index is 1.51. The summed E-state index contributed by atoms with van der Waals surface area (Å²) in [5.74, 6) is -1.74.